The smallest absolute Gasteiger partial charge is 0.00924 e. The fraction of sp³-hybridized carbons (Fsp3) is 0.917. The third kappa shape index (κ3) is 5.30. The van der Waals surface area contributed by atoms with Crippen LogP contribution in [0, 0.1) is 6.42 Å². The Kier molecular flexibility index (Phi) is 8.53. The largest absolute Gasteiger partial charge is 0.301 e. The standard InChI is InChI=1S/C12H26N/c1-5-9-10-11-12(6-2)13(7-3)8-4/h5,12H,6-11H2,1-4H3. The first-order chi connectivity index (χ1) is 6.29. The van der Waals surface area contributed by atoms with Gasteiger partial charge in [-0.1, -0.05) is 40.5 Å². The first-order valence-corrected chi connectivity index (χ1v) is 5.81. The molecule has 0 fully saturated rings. The van der Waals surface area contributed by atoms with E-state index in [0.717, 1.165) is 6.04 Å². The molecule has 0 aromatic carbocycles. The van der Waals surface area contributed by atoms with Gasteiger partial charge in [-0.15, -0.1) is 0 Å². The average Bonchev–Trinajstić information content (AvgIpc) is 2.17. The summed E-state index contributed by atoms with van der Waals surface area (Å²) in [6.07, 6.45) is 7.56. The number of hydrogen-bond donors (Lipinski definition) is 0. The van der Waals surface area contributed by atoms with Gasteiger partial charge in [-0.05, 0) is 32.4 Å². The number of hydrogen-bond acceptors (Lipinski definition) is 1. The van der Waals surface area contributed by atoms with Gasteiger partial charge in [0.1, 0.15) is 0 Å². The van der Waals surface area contributed by atoms with Crippen molar-refractivity contribution in [3.05, 3.63) is 6.42 Å². The van der Waals surface area contributed by atoms with Gasteiger partial charge in [0, 0.05) is 6.04 Å². The van der Waals surface area contributed by atoms with Crippen molar-refractivity contribution in [1.82, 2.24) is 4.90 Å². The summed E-state index contributed by atoms with van der Waals surface area (Å²) in [6, 6.07) is 0.815. The van der Waals surface area contributed by atoms with Gasteiger partial charge in [0.25, 0.3) is 0 Å². The minimum absolute atomic E-state index is 0.815. The van der Waals surface area contributed by atoms with Crippen LogP contribution in [0.15, 0.2) is 0 Å². The summed E-state index contributed by atoms with van der Waals surface area (Å²) in [5, 5.41) is 0. The molecule has 0 aliphatic heterocycles. The molecular weight excluding hydrogens is 158 g/mol. The molecule has 1 heteroatoms. The van der Waals surface area contributed by atoms with Crippen molar-refractivity contribution in [3.63, 3.8) is 0 Å². The Hall–Kier alpha value is -0.0400. The van der Waals surface area contributed by atoms with Crippen LogP contribution in [-0.4, -0.2) is 24.0 Å². The highest BCUT2D eigenvalue weighted by Crippen LogP contribution is 2.12. The molecule has 1 nitrogen and oxygen atoms in total. The second-order valence-corrected chi connectivity index (χ2v) is 3.62. The van der Waals surface area contributed by atoms with Gasteiger partial charge in [0.2, 0.25) is 0 Å². The summed E-state index contributed by atoms with van der Waals surface area (Å²) in [5.41, 5.74) is 0. The van der Waals surface area contributed by atoms with Gasteiger partial charge in [0.05, 0.1) is 0 Å². The van der Waals surface area contributed by atoms with Crippen LogP contribution in [0.4, 0.5) is 0 Å². The highest BCUT2D eigenvalue weighted by Gasteiger charge is 2.11. The van der Waals surface area contributed by atoms with Crippen LogP contribution in [0.5, 0.6) is 0 Å². The second-order valence-electron chi connectivity index (χ2n) is 3.62. The Morgan fingerprint density at radius 3 is 2.15 bits per heavy atom. The molecule has 0 aromatic rings. The first-order valence-electron chi connectivity index (χ1n) is 5.81. The Bertz CT molecular complexity index is 97.3. The maximum Gasteiger partial charge on any atom is 0.00924 e. The quantitative estimate of drug-likeness (QED) is 0.522. The van der Waals surface area contributed by atoms with E-state index in [0.29, 0.717) is 0 Å². The first kappa shape index (κ1) is 13.0. The highest BCUT2D eigenvalue weighted by molar-refractivity contribution is 4.69. The molecule has 0 heterocycles. The minimum atomic E-state index is 0.815. The molecular formula is C12H26N. The molecule has 13 heavy (non-hydrogen) atoms. The minimum Gasteiger partial charge on any atom is -0.301 e. The Balaban J connectivity index is 3.71. The molecule has 0 saturated carbocycles. The van der Waals surface area contributed by atoms with E-state index in [9.17, 15) is 0 Å². The third-order valence-corrected chi connectivity index (χ3v) is 2.83. The second kappa shape index (κ2) is 8.55. The molecule has 1 atom stereocenters. The fourth-order valence-corrected chi connectivity index (χ4v) is 1.94. The van der Waals surface area contributed by atoms with Gasteiger partial charge in [0.15, 0.2) is 0 Å². The predicted molar refractivity (Wildman–Crippen MR) is 60.8 cm³/mol. The number of rotatable bonds is 8. The zero-order valence-corrected chi connectivity index (χ0v) is 9.84. The lowest BCUT2D eigenvalue weighted by atomic mass is 10.0. The van der Waals surface area contributed by atoms with E-state index in [-0.39, 0.29) is 0 Å². The average molecular weight is 184 g/mol. The lowest BCUT2D eigenvalue weighted by Crippen LogP contribution is -2.34. The van der Waals surface area contributed by atoms with Crippen molar-refractivity contribution in [1.29, 1.82) is 0 Å². The van der Waals surface area contributed by atoms with E-state index in [2.05, 4.69) is 39.0 Å². The molecule has 0 N–H and O–H groups in total. The van der Waals surface area contributed by atoms with Gasteiger partial charge in [-0.25, -0.2) is 0 Å². The van der Waals surface area contributed by atoms with Crippen molar-refractivity contribution in [2.75, 3.05) is 13.1 Å². The van der Waals surface area contributed by atoms with Gasteiger partial charge in [-0.3, -0.25) is 0 Å². The SMILES string of the molecule is C[CH]CCCC(CC)N(CC)CC. The maximum atomic E-state index is 2.58. The van der Waals surface area contributed by atoms with Crippen LogP contribution in [0.3, 0.4) is 0 Å². The summed E-state index contributed by atoms with van der Waals surface area (Å²) in [4.78, 5) is 2.58. The third-order valence-electron chi connectivity index (χ3n) is 2.83. The molecule has 0 aromatic heterocycles. The van der Waals surface area contributed by atoms with Crippen LogP contribution in [-0.2, 0) is 0 Å². The van der Waals surface area contributed by atoms with E-state index in [1.807, 2.05) is 0 Å². The van der Waals surface area contributed by atoms with Crippen molar-refractivity contribution in [2.45, 2.75) is 59.4 Å². The number of nitrogens with zero attached hydrogens (tertiary/aromatic N) is 1. The molecule has 0 bridgehead atoms. The lowest BCUT2D eigenvalue weighted by molar-refractivity contribution is 0.198. The number of unbranched alkanes of at least 4 members (excludes halogenated alkanes) is 2. The van der Waals surface area contributed by atoms with Crippen LogP contribution in [0.25, 0.3) is 0 Å². The Morgan fingerprint density at radius 1 is 1.15 bits per heavy atom. The van der Waals surface area contributed by atoms with Crippen LogP contribution < -0.4 is 0 Å². The molecule has 0 aliphatic carbocycles. The van der Waals surface area contributed by atoms with Gasteiger partial charge < -0.3 is 4.90 Å². The van der Waals surface area contributed by atoms with Crippen LogP contribution in [0.2, 0.25) is 0 Å². The molecule has 0 rings (SSSR count). The topological polar surface area (TPSA) is 3.24 Å². The van der Waals surface area contributed by atoms with E-state index in [1.165, 1.54) is 38.8 Å². The molecule has 0 amide bonds. The summed E-state index contributed by atoms with van der Waals surface area (Å²) >= 11 is 0. The van der Waals surface area contributed by atoms with Crippen molar-refractivity contribution >= 4 is 0 Å². The fourth-order valence-electron chi connectivity index (χ4n) is 1.94. The van der Waals surface area contributed by atoms with E-state index >= 15 is 0 Å². The molecule has 79 valence electrons. The zero-order chi connectivity index (χ0) is 10.1. The molecule has 0 saturated heterocycles. The zero-order valence-electron chi connectivity index (χ0n) is 9.84. The Morgan fingerprint density at radius 2 is 1.77 bits per heavy atom. The molecule has 0 spiro atoms. The van der Waals surface area contributed by atoms with E-state index in [4.69, 9.17) is 0 Å². The predicted octanol–water partition coefficient (Wildman–Crippen LogP) is 3.50. The van der Waals surface area contributed by atoms with Crippen LogP contribution in [0.1, 0.15) is 53.4 Å². The van der Waals surface area contributed by atoms with Gasteiger partial charge in [-0.2, -0.15) is 0 Å². The van der Waals surface area contributed by atoms with Crippen molar-refractivity contribution in [3.8, 4) is 0 Å². The van der Waals surface area contributed by atoms with Crippen molar-refractivity contribution < 1.29 is 0 Å². The summed E-state index contributed by atoms with van der Waals surface area (Å²) < 4.78 is 0. The highest BCUT2D eigenvalue weighted by atomic mass is 15.1. The van der Waals surface area contributed by atoms with Crippen molar-refractivity contribution in [2.24, 2.45) is 0 Å². The van der Waals surface area contributed by atoms with E-state index < -0.39 is 0 Å². The molecule has 1 radical (unpaired) electrons. The Labute approximate surface area is 84.5 Å². The maximum absolute atomic E-state index is 2.58. The monoisotopic (exact) mass is 184 g/mol. The summed E-state index contributed by atoms with van der Waals surface area (Å²) in [5.74, 6) is 0. The van der Waals surface area contributed by atoms with Gasteiger partial charge >= 0.3 is 0 Å². The van der Waals surface area contributed by atoms with E-state index in [1.54, 1.807) is 0 Å². The van der Waals surface area contributed by atoms with Crippen LogP contribution >= 0.6 is 0 Å². The summed E-state index contributed by atoms with van der Waals surface area (Å²) in [6.45, 7) is 11.4. The molecule has 0 aliphatic rings. The summed E-state index contributed by atoms with van der Waals surface area (Å²) in [7, 11) is 0. The molecule has 1 unspecified atom stereocenters. The lowest BCUT2D eigenvalue weighted by Gasteiger charge is -2.28. The normalized spacial score (nSPS) is 13.6.